The molecule has 0 bridgehead atoms. The van der Waals surface area contributed by atoms with Gasteiger partial charge < -0.3 is 14.5 Å². The first-order chi connectivity index (χ1) is 14.6. The molecule has 0 fully saturated rings. The number of alkyl halides is 2. The van der Waals surface area contributed by atoms with Crippen molar-refractivity contribution in [3.63, 3.8) is 0 Å². The third-order valence-corrected chi connectivity index (χ3v) is 5.37. The van der Waals surface area contributed by atoms with Gasteiger partial charge in [0, 0.05) is 28.7 Å². The van der Waals surface area contributed by atoms with Gasteiger partial charge in [-0.25, -0.2) is 4.98 Å². The van der Waals surface area contributed by atoms with Crippen LogP contribution in [0.3, 0.4) is 0 Å². The summed E-state index contributed by atoms with van der Waals surface area (Å²) in [6.07, 6.45) is 3.91. The predicted molar refractivity (Wildman–Crippen MR) is 112 cm³/mol. The Morgan fingerprint density at radius 3 is 2.60 bits per heavy atom. The van der Waals surface area contributed by atoms with Crippen LogP contribution in [0.4, 0.5) is 14.5 Å². The maximum Gasteiger partial charge on any atom is 0.387 e. The van der Waals surface area contributed by atoms with Gasteiger partial charge in [-0.2, -0.15) is 8.78 Å². The van der Waals surface area contributed by atoms with Gasteiger partial charge in [0.1, 0.15) is 11.4 Å². The van der Waals surface area contributed by atoms with Crippen LogP contribution in [0.5, 0.6) is 5.75 Å². The number of carbonyl (C=O) groups is 1. The fourth-order valence-electron chi connectivity index (χ4n) is 2.91. The molecule has 0 unspecified atom stereocenters. The Kier molecular flexibility index (Phi) is 5.94. The topological polar surface area (TPSA) is 55.6 Å². The zero-order chi connectivity index (χ0) is 20.9. The quantitative estimate of drug-likeness (QED) is 0.399. The molecule has 0 saturated heterocycles. The predicted octanol–water partition coefficient (Wildman–Crippen LogP) is 5.48. The summed E-state index contributed by atoms with van der Waals surface area (Å²) >= 11 is 1.52. The highest BCUT2D eigenvalue weighted by Gasteiger charge is 2.13. The van der Waals surface area contributed by atoms with Crippen LogP contribution in [0.1, 0.15) is 16.1 Å². The number of thioether (sulfide) groups is 1. The van der Waals surface area contributed by atoms with Crippen molar-refractivity contribution in [2.24, 2.45) is 0 Å². The molecule has 152 valence electrons. The van der Waals surface area contributed by atoms with Crippen LogP contribution >= 0.6 is 11.8 Å². The number of amides is 1. The summed E-state index contributed by atoms with van der Waals surface area (Å²) < 4.78 is 30.8. The summed E-state index contributed by atoms with van der Waals surface area (Å²) in [4.78, 5) is 18.2. The third-order valence-electron chi connectivity index (χ3n) is 4.26. The Morgan fingerprint density at radius 1 is 1.07 bits per heavy atom. The number of pyridine rings is 1. The largest absolute Gasteiger partial charge is 0.435 e. The van der Waals surface area contributed by atoms with Crippen molar-refractivity contribution >= 4 is 29.0 Å². The Labute approximate surface area is 175 Å². The van der Waals surface area contributed by atoms with Crippen LogP contribution in [-0.4, -0.2) is 21.9 Å². The van der Waals surface area contributed by atoms with E-state index in [1.165, 1.54) is 36.0 Å². The van der Waals surface area contributed by atoms with Crippen LogP contribution < -0.4 is 10.1 Å². The lowest BCUT2D eigenvalue weighted by molar-refractivity contribution is -0.0498. The van der Waals surface area contributed by atoms with E-state index < -0.39 is 6.61 Å². The number of aromatic nitrogens is 2. The summed E-state index contributed by atoms with van der Waals surface area (Å²) in [5, 5.41) is 2.78. The molecule has 0 atom stereocenters. The first-order valence-corrected chi connectivity index (χ1v) is 10.1. The average Bonchev–Trinajstić information content (AvgIpc) is 3.16. The Balaban J connectivity index is 1.44. The van der Waals surface area contributed by atoms with Crippen molar-refractivity contribution in [2.45, 2.75) is 17.3 Å². The lowest BCUT2D eigenvalue weighted by atomic mass is 10.2. The van der Waals surface area contributed by atoms with Gasteiger partial charge >= 0.3 is 6.61 Å². The number of hydrogen-bond acceptors (Lipinski definition) is 4. The zero-order valence-corrected chi connectivity index (χ0v) is 16.5. The molecule has 4 rings (SSSR count). The van der Waals surface area contributed by atoms with E-state index in [4.69, 9.17) is 0 Å². The van der Waals surface area contributed by atoms with Gasteiger partial charge in [-0.3, -0.25) is 4.79 Å². The molecule has 0 spiro atoms. The standard InChI is InChI=1S/C22H17F2N3O2S/c23-22(24)29-17-10-8-15(9-11-17)26-21(28)18-5-1-2-6-19(18)30-14-16-13-27-12-4-3-7-20(27)25-16/h1-13,22H,14H2,(H,26,28). The van der Waals surface area contributed by atoms with E-state index in [1.807, 2.05) is 47.1 Å². The first kappa shape index (κ1) is 19.9. The number of imidazole rings is 1. The van der Waals surface area contributed by atoms with Gasteiger partial charge in [0.2, 0.25) is 0 Å². The number of rotatable bonds is 7. The monoisotopic (exact) mass is 425 g/mol. The molecule has 0 aliphatic carbocycles. The van der Waals surface area contributed by atoms with Crippen molar-refractivity contribution in [2.75, 3.05) is 5.32 Å². The Hall–Kier alpha value is -3.39. The summed E-state index contributed by atoms with van der Waals surface area (Å²) in [6, 6.07) is 18.9. The molecule has 2 aromatic heterocycles. The van der Waals surface area contributed by atoms with Gasteiger partial charge in [-0.1, -0.05) is 18.2 Å². The van der Waals surface area contributed by atoms with Crippen molar-refractivity contribution in [3.8, 4) is 5.75 Å². The van der Waals surface area contributed by atoms with Gasteiger partial charge in [0.25, 0.3) is 5.91 Å². The van der Waals surface area contributed by atoms with Crippen LogP contribution in [0.25, 0.3) is 5.65 Å². The fraction of sp³-hybridized carbons (Fsp3) is 0.0909. The zero-order valence-electron chi connectivity index (χ0n) is 15.7. The summed E-state index contributed by atoms with van der Waals surface area (Å²) in [7, 11) is 0. The summed E-state index contributed by atoms with van der Waals surface area (Å²) in [5.41, 5.74) is 2.80. The normalized spacial score (nSPS) is 11.0. The lowest BCUT2D eigenvalue weighted by Crippen LogP contribution is -2.13. The highest BCUT2D eigenvalue weighted by Crippen LogP contribution is 2.27. The maximum absolute atomic E-state index is 12.8. The number of hydrogen-bond donors (Lipinski definition) is 1. The molecule has 5 nitrogen and oxygen atoms in total. The van der Waals surface area contributed by atoms with Crippen molar-refractivity contribution in [1.29, 1.82) is 0 Å². The minimum absolute atomic E-state index is 0.0337. The summed E-state index contributed by atoms with van der Waals surface area (Å²) in [6.45, 7) is -2.89. The Bertz CT molecular complexity index is 1130. The smallest absolute Gasteiger partial charge is 0.387 e. The second-order valence-corrected chi connectivity index (χ2v) is 7.36. The molecule has 8 heteroatoms. The van der Waals surface area contributed by atoms with Gasteiger partial charge in [-0.15, -0.1) is 11.8 Å². The molecule has 2 aromatic carbocycles. The van der Waals surface area contributed by atoms with Crippen LogP contribution in [-0.2, 0) is 5.75 Å². The average molecular weight is 425 g/mol. The van der Waals surface area contributed by atoms with Gasteiger partial charge in [0.15, 0.2) is 0 Å². The van der Waals surface area contributed by atoms with Crippen molar-refractivity contribution in [3.05, 3.63) is 90.4 Å². The highest BCUT2D eigenvalue weighted by atomic mass is 32.2. The SMILES string of the molecule is O=C(Nc1ccc(OC(F)F)cc1)c1ccccc1SCc1cn2ccccc2n1. The van der Waals surface area contributed by atoms with E-state index in [9.17, 15) is 13.6 Å². The molecular weight excluding hydrogens is 408 g/mol. The molecule has 0 aliphatic heterocycles. The molecule has 1 amide bonds. The maximum atomic E-state index is 12.8. The number of benzene rings is 2. The third kappa shape index (κ3) is 4.77. The van der Waals surface area contributed by atoms with E-state index >= 15 is 0 Å². The lowest BCUT2D eigenvalue weighted by Gasteiger charge is -2.10. The number of carbonyl (C=O) groups excluding carboxylic acids is 1. The molecule has 0 saturated carbocycles. The van der Waals surface area contributed by atoms with Gasteiger partial charge in [-0.05, 0) is 48.5 Å². The molecule has 4 aromatic rings. The molecule has 30 heavy (non-hydrogen) atoms. The minimum Gasteiger partial charge on any atom is -0.435 e. The van der Waals surface area contributed by atoms with Crippen LogP contribution in [0.2, 0.25) is 0 Å². The number of nitrogens with zero attached hydrogens (tertiary/aromatic N) is 2. The number of ether oxygens (including phenoxy) is 1. The number of anilines is 1. The minimum atomic E-state index is -2.89. The van der Waals surface area contributed by atoms with Gasteiger partial charge in [0.05, 0.1) is 11.3 Å². The van der Waals surface area contributed by atoms with E-state index in [0.29, 0.717) is 17.0 Å². The summed E-state index contributed by atoms with van der Waals surface area (Å²) in [5.74, 6) is 0.369. The second kappa shape index (κ2) is 8.96. The molecular formula is C22H17F2N3O2S. The molecule has 1 N–H and O–H groups in total. The number of fused-ring (bicyclic) bond motifs is 1. The van der Waals surface area contributed by atoms with E-state index in [-0.39, 0.29) is 11.7 Å². The number of halogens is 2. The van der Waals surface area contributed by atoms with Crippen molar-refractivity contribution in [1.82, 2.24) is 9.38 Å². The van der Waals surface area contributed by atoms with E-state index in [0.717, 1.165) is 16.2 Å². The van der Waals surface area contributed by atoms with Crippen LogP contribution in [0.15, 0.2) is 84.0 Å². The molecule has 2 heterocycles. The van der Waals surface area contributed by atoms with Crippen LogP contribution in [0, 0.1) is 0 Å². The fourth-order valence-corrected chi connectivity index (χ4v) is 3.84. The first-order valence-electron chi connectivity index (χ1n) is 9.09. The molecule has 0 aliphatic rings. The van der Waals surface area contributed by atoms with E-state index in [2.05, 4.69) is 15.0 Å². The van der Waals surface area contributed by atoms with E-state index in [1.54, 1.807) is 12.1 Å². The Morgan fingerprint density at radius 2 is 1.83 bits per heavy atom. The highest BCUT2D eigenvalue weighted by molar-refractivity contribution is 7.98. The number of nitrogens with one attached hydrogen (secondary N) is 1. The van der Waals surface area contributed by atoms with Crippen molar-refractivity contribution < 1.29 is 18.3 Å². The second-order valence-electron chi connectivity index (χ2n) is 6.34. The molecule has 0 radical (unpaired) electrons.